The van der Waals surface area contributed by atoms with Crippen molar-refractivity contribution >= 4 is 23.2 Å². The van der Waals surface area contributed by atoms with Crippen molar-refractivity contribution in [1.29, 1.82) is 0 Å². The minimum absolute atomic E-state index is 0.129. The van der Waals surface area contributed by atoms with Gasteiger partial charge >= 0.3 is 6.01 Å². The summed E-state index contributed by atoms with van der Waals surface area (Å²) in [5, 5.41) is 11.2. The number of fused-ring (bicyclic) bond motifs is 1. The number of pyridine rings is 1. The molecule has 112 valence electrons. The van der Waals surface area contributed by atoms with Gasteiger partial charge in [-0.3, -0.25) is 9.20 Å². The highest BCUT2D eigenvalue weighted by molar-refractivity contribution is 6.30. The molecule has 2 heterocycles. The maximum Gasteiger partial charge on any atom is 0.322 e. The molecule has 22 heavy (non-hydrogen) atoms. The van der Waals surface area contributed by atoms with Gasteiger partial charge in [-0.2, -0.15) is 0 Å². The number of nitrogens with one attached hydrogen (secondary N) is 1. The molecule has 3 aromatic rings. The minimum atomic E-state index is -0.243. The van der Waals surface area contributed by atoms with Gasteiger partial charge in [0.2, 0.25) is 0 Å². The van der Waals surface area contributed by atoms with Crippen molar-refractivity contribution in [1.82, 2.24) is 19.9 Å². The maximum absolute atomic E-state index is 11.8. The third kappa shape index (κ3) is 3.35. The van der Waals surface area contributed by atoms with Crippen LogP contribution in [-0.4, -0.2) is 27.1 Å². The number of aromatic nitrogens is 3. The Labute approximate surface area is 131 Å². The number of hydrogen-bond acceptors (Lipinski definition) is 4. The molecule has 0 aliphatic heterocycles. The highest BCUT2D eigenvalue weighted by Gasteiger charge is 2.08. The topological polar surface area (TPSA) is 68.5 Å². The normalized spacial score (nSPS) is 10.6. The molecular weight excluding hydrogens is 304 g/mol. The molecule has 0 atom stereocenters. The lowest BCUT2D eigenvalue weighted by molar-refractivity contribution is -0.123. The summed E-state index contributed by atoms with van der Waals surface area (Å²) in [7, 11) is 0. The van der Waals surface area contributed by atoms with Crippen LogP contribution in [0.2, 0.25) is 5.02 Å². The van der Waals surface area contributed by atoms with Gasteiger partial charge in [0.25, 0.3) is 5.91 Å². The van der Waals surface area contributed by atoms with E-state index in [4.69, 9.17) is 16.3 Å². The van der Waals surface area contributed by atoms with Crippen LogP contribution in [0, 0.1) is 0 Å². The summed E-state index contributed by atoms with van der Waals surface area (Å²) >= 11 is 5.89. The number of ether oxygens (including phenoxy) is 1. The standard InChI is InChI=1S/C15H13ClN4O2/c16-12-5-3-4-11(8-12)9-17-14(21)10-22-15-19-18-13-6-1-2-7-20(13)15/h1-8H,9-10H2,(H,17,21). The smallest absolute Gasteiger partial charge is 0.322 e. The zero-order valence-electron chi connectivity index (χ0n) is 11.6. The number of halogens is 1. The number of rotatable bonds is 5. The van der Waals surface area contributed by atoms with Crippen LogP contribution in [0.25, 0.3) is 5.65 Å². The fraction of sp³-hybridized carbons (Fsp3) is 0.133. The van der Waals surface area contributed by atoms with E-state index in [9.17, 15) is 4.79 Å². The van der Waals surface area contributed by atoms with E-state index in [1.807, 2.05) is 24.3 Å². The van der Waals surface area contributed by atoms with E-state index in [1.54, 1.807) is 28.8 Å². The number of amides is 1. The first-order chi connectivity index (χ1) is 10.7. The van der Waals surface area contributed by atoms with Gasteiger partial charge < -0.3 is 10.1 Å². The fourth-order valence-corrected chi connectivity index (χ4v) is 2.16. The van der Waals surface area contributed by atoms with Gasteiger partial charge in [-0.1, -0.05) is 34.9 Å². The summed E-state index contributed by atoms with van der Waals surface area (Å²) in [6.07, 6.45) is 1.77. The van der Waals surface area contributed by atoms with Crippen LogP contribution in [0.1, 0.15) is 5.56 Å². The summed E-state index contributed by atoms with van der Waals surface area (Å²) in [4.78, 5) is 11.8. The lowest BCUT2D eigenvalue weighted by Crippen LogP contribution is -2.28. The number of hydrogen-bond donors (Lipinski definition) is 1. The largest absolute Gasteiger partial charge is 0.453 e. The molecule has 0 unspecified atom stereocenters. The minimum Gasteiger partial charge on any atom is -0.453 e. The molecule has 1 aromatic carbocycles. The Morgan fingerprint density at radius 1 is 1.23 bits per heavy atom. The molecule has 7 heteroatoms. The zero-order valence-corrected chi connectivity index (χ0v) is 12.3. The van der Waals surface area contributed by atoms with Gasteiger partial charge in [-0.25, -0.2) is 0 Å². The molecule has 0 saturated carbocycles. The van der Waals surface area contributed by atoms with Crippen LogP contribution in [0.3, 0.4) is 0 Å². The first-order valence-corrected chi connectivity index (χ1v) is 7.04. The molecule has 2 aromatic heterocycles. The third-order valence-electron chi connectivity index (χ3n) is 2.99. The molecule has 6 nitrogen and oxygen atoms in total. The van der Waals surface area contributed by atoms with Gasteiger partial charge in [-0.05, 0) is 29.8 Å². The second kappa shape index (κ2) is 6.44. The van der Waals surface area contributed by atoms with E-state index in [-0.39, 0.29) is 18.5 Å². The van der Waals surface area contributed by atoms with E-state index in [0.29, 0.717) is 17.2 Å². The monoisotopic (exact) mass is 316 g/mol. The molecule has 0 fully saturated rings. The molecular formula is C15H13ClN4O2. The Balaban J connectivity index is 1.54. The number of nitrogens with zero attached hydrogens (tertiary/aromatic N) is 3. The molecule has 0 saturated heterocycles. The number of carbonyl (C=O) groups excluding carboxylic acids is 1. The van der Waals surface area contributed by atoms with Crippen LogP contribution < -0.4 is 10.1 Å². The SMILES string of the molecule is O=C(COc1nnc2ccccn12)NCc1cccc(Cl)c1. The maximum atomic E-state index is 11.8. The van der Waals surface area contributed by atoms with Crippen LogP contribution in [0.4, 0.5) is 0 Å². The first-order valence-electron chi connectivity index (χ1n) is 6.66. The molecule has 0 bridgehead atoms. The van der Waals surface area contributed by atoms with Crippen molar-refractivity contribution in [2.45, 2.75) is 6.54 Å². The third-order valence-corrected chi connectivity index (χ3v) is 3.23. The Morgan fingerprint density at radius 2 is 2.14 bits per heavy atom. The predicted octanol–water partition coefficient (Wildman–Crippen LogP) is 2.08. The summed E-state index contributed by atoms with van der Waals surface area (Å²) in [5.74, 6) is -0.243. The second-order valence-corrected chi connectivity index (χ2v) is 5.04. The molecule has 1 N–H and O–H groups in total. The van der Waals surface area contributed by atoms with Crippen molar-refractivity contribution in [3.8, 4) is 6.01 Å². The zero-order chi connectivity index (χ0) is 15.4. The predicted molar refractivity (Wildman–Crippen MR) is 81.8 cm³/mol. The van der Waals surface area contributed by atoms with E-state index in [0.717, 1.165) is 5.56 Å². The average Bonchev–Trinajstić information content (AvgIpc) is 2.94. The Hall–Kier alpha value is -2.60. The Kier molecular flexibility index (Phi) is 4.20. The number of carbonyl (C=O) groups is 1. The van der Waals surface area contributed by atoms with Crippen molar-refractivity contribution in [3.63, 3.8) is 0 Å². The molecule has 0 spiro atoms. The van der Waals surface area contributed by atoms with Gasteiger partial charge in [-0.15, -0.1) is 5.10 Å². The molecule has 0 aliphatic carbocycles. The van der Waals surface area contributed by atoms with Crippen molar-refractivity contribution in [3.05, 3.63) is 59.2 Å². The summed E-state index contributed by atoms with van der Waals surface area (Å²) < 4.78 is 7.06. The molecule has 3 rings (SSSR count). The summed E-state index contributed by atoms with van der Waals surface area (Å²) in [6.45, 7) is 0.263. The van der Waals surface area contributed by atoms with E-state index in [2.05, 4.69) is 15.5 Å². The lowest BCUT2D eigenvalue weighted by atomic mass is 10.2. The fourth-order valence-electron chi connectivity index (χ4n) is 1.95. The van der Waals surface area contributed by atoms with Crippen LogP contribution >= 0.6 is 11.6 Å². The highest BCUT2D eigenvalue weighted by atomic mass is 35.5. The quantitative estimate of drug-likeness (QED) is 0.782. The van der Waals surface area contributed by atoms with Crippen LogP contribution in [0.5, 0.6) is 6.01 Å². The van der Waals surface area contributed by atoms with Gasteiger partial charge in [0.1, 0.15) is 0 Å². The summed E-state index contributed by atoms with van der Waals surface area (Å²) in [6, 6.07) is 13.1. The Bertz CT molecular complexity index is 803. The van der Waals surface area contributed by atoms with E-state index < -0.39 is 0 Å². The second-order valence-electron chi connectivity index (χ2n) is 4.61. The van der Waals surface area contributed by atoms with Crippen molar-refractivity contribution in [2.75, 3.05) is 6.61 Å². The average molecular weight is 317 g/mol. The molecule has 1 amide bonds. The summed E-state index contributed by atoms with van der Waals surface area (Å²) in [5.41, 5.74) is 1.59. The number of benzene rings is 1. The van der Waals surface area contributed by atoms with Gasteiger partial charge in [0, 0.05) is 17.8 Å². The Morgan fingerprint density at radius 3 is 3.00 bits per heavy atom. The van der Waals surface area contributed by atoms with Crippen molar-refractivity contribution < 1.29 is 9.53 Å². The van der Waals surface area contributed by atoms with E-state index in [1.165, 1.54) is 0 Å². The highest BCUT2D eigenvalue weighted by Crippen LogP contribution is 2.11. The van der Waals surface area contributed by atoms with Crippen LogP contribution in [-0.2, 0) is 11.3 Å². The van der Waals surface area contributed by atoms with Gasteiger partial charge in [0.05, 0.1) is 0 Å². The van der Waals surface area contributed by atoms with Gasteiger partial charge in [0.15, 0.2) is 12.3 Å². The van der Waals surface area contributed by atoms with Crippen molar-refractivity contribution in [2.24, 2.45) is 0 Å². The lowest BCUT2D eigenvalue weighted by Gasteiger charge is -2.06. The van der Waals surface area contributed by atoms with E-state index >= 15 is 0 Å². The molecule has 0 aliphatic rings. The molecule has 0 radical (unpaired) electrons. The van der Waals surface area contributed by atoms with Crippen LogP contribution in [0.15, 0.2) is 48.7 Å². The first kappa shape index (κ1) is 14.3.